The summed E-state index contributed by atoms with van der Waals surface area (Å²) in [6.45, 7) is 8.09. The number of nitrogens with zero attached hydrogens (tertiary/aromatic N) is 1. The molecule has 126 valence electrons. The van der Waals surface area contributed by atoms with Gasteiger partial charge in [0.05, 0.1) is 12.6 Å². The van der Waals surface area contributed by atoms with Crippen molar-refractivity contribution >= 4 is 11.1 Å². The summed E-state index contributed by atoms with van der Waals surface area (Å²) in [6.07, 6.45) is 0. The summed E-state index contributed by atoms with van der Waals surface area (Å²) < 4.78 is 7.00. The summed E-state index contributed by atoms with van der Waals surface area (Å²) in [6, 6.07) is 16.3. The molecule has 0 fully saturated rings. The topological polar surface area (TPSA) is 39.6 Å². The highest BCUT2D eigenvalue weighted by Crippen LogP contribution is 2.21. The van der Waals surface area contributed by atoms with Crippen LogP contribution in [0, 0.1) is 0 Å². The Morgan fingerprint density at radius 1 is 1.04 bits per heavy atom. The van der Waals surface area contributed by atoms with Gasteiger partial charge in [-0.2, -0.15) is 0 Å². The predicted octanol–water partition coefficient (Wildman–Crippen LogP) is 2.56. The van der Waals surface area contributed by atoms with Crippen LogP contribution in [0.5, 0.6) is 0 Å². The second kappa shape index (κ2) is 6.29. The molecule has 3 rings (SSSR count). The van der Waals surface area contributed by atoms with Crippen molar-refractivity contribution in [1.82, 2.24) is 4.57 Å². The van der Waals surface area contributed by atoms with Crippen molar-refractivity contribution < 1.29 is 9.32 Å². The molecule has 4 heteroatoms. The zero-order chi connectivity index (χ0) is 17.3. The van der Waals surface area contributed by atoms with E-state index in [1.807, 2.05) is 24.3 Å². The normalized spacial score (nSPS) is 13.3. The van der Waals surface area contributed by atoms with Crippen molar-refractivity contribution in [3.05, 3.63) is 70.2 Å². The highest BCUT2D eigenvalue weighted by molar-refractivity contribution is 5.72. The third-order valence-corrected chi connectivity index (χ3v) is 4.33. The van der Waals surface area contributed by atoms with Crippen LogP contribution in [-0.2, 0) is 18.6 Å². The number of para-hydroxylation sites is 2. The van der Waals surface area contributed by atoms with Gasteiger partial charge >= 0.3 is 5.76 Å². The molecular weight excluding hydrogens is 300 g/mol. The first kappa shape index (κ1) is 16.5. The van der Waals surface area contributed by atoms with Gasteiger partial charge in [0.2, 0.25) is 0 Å². The lowest BCUT2D eigenvalue weighted by Crippen LogP contribution is -3.07. The van der Waals surface area contributed by atoms with E-state index in [-0.39, 0.29) is 11.2 Å². The van der Waals surface area contributed by atoms with Gasteiger partial charge in [0.15, 0.2) is 12.3 Å². The van der Waals surface area contributed by atoms with E-state index in [4.69, 9.17) is 4.42 Å². The Hall–Kier alpha value is -2.33. The van der Waals surface area contributed by atoms with Crippen LogP contribution in [0.25, 0.3) is 11.1 Å². The highest BCUT2D eigenvalue weighted by Gasteiger charge is 2.15. The molecule has 0 aliphatic carbocycles. The fourth-order valence-electron chi connectivity index (χ4n) is 2.96. The molecule has 0 saturated carbocycles. The minimum Gasteiger partial charge on any atom is -0.408 e. The molecule has 0 radical (unpaired) electrons. The maximum atomic E-state index is 12.1. The lowest BCUT2D eigenvalue weighted by molar-refractivity contribution is -0.916. The Balaban J connectivity index is 1.74. The monoisotopic (exact) mass is 325 g/mol. The maximum Gasteiger partial charge on any atom is 0.424 e. The number of aromatic nitrogens is 1. The van der Waals surface area contributed by atoms with Gasteiger partial charge in [-0.1, -0.05) is 57.2 Å². The minimum absolute atomic E-state index is 0.167. The van der Waals surface area contributed by atoms with Gasteiger partial charge in [-0.25, -0.2) is 9.36 Å². The van der Waals surface area contributed by atoms with E-state index in [9.17, 15) is 4.79 Å². The summed E-state index contributed by atoms with van der Waals surface area (Å²) in [5, 5.41) is 0. The Morgan fingerprint density at radius 3 is 2.38 bits per heavy atom. The second-order valence-electron chi connectivity index (χ2n) is 7.50. The van der Waals surface area contributed by atoms with Crippen LogP contribution in [-0.4, -0.2) is 11.6 Å². The fraction of sp³-hybridized carbons (Fsp3) is 0.350. The van der Waals surface area contributed by atoms with Crippen molar-refractivity contribution in [3.8, 4) is 0 Å². The zero-order valence-electron chi connectivity index (χ0n) is 14.8. The SMILES string of the molecule is C[NH+](Cc1ccc(C(C)(C)C)cc1)Cn1c(=O)oc2ccccc21. The van der Waals surface area contributed by atoms with E-state index in [2.05, 4.69) is 52.1 Å². The Bertz CT molecular complexity index is 882. The second-order valence-corrected chi connectivity index (χ2v) is 7.50. The van der Waals surface area contributed by atoms with E-state index in [1.165, 1.54) is 16.0 Å². The van der Waals surface area contributed by atoms with Gasteiger partial charge in [-0.15, -0.1) is 0 Å². The van der Waals surface area contributed by atoms with Crippen LogP contribution in [0.1, 0.15) is 31.9 Å². The molecule has 3 aromatic rings. The van der Waals surface area contributed by atoms with Gasteiger partial charge in [0, 0.05) is 5.56 Å². The Kier molecular flexibility index (Phi) is 4.33. The lowest BCUT2D eigenvalue weighted by atomic mass is 9.87. The predicted molar refractivity (Wildman–Crippen MR) is 96.2 cm³/mol. The number of fused-ring (bicyclic) bond motifs is 1. The average molecular weight is 325 g/mol. The van der Waals surface area contributed by atoms with Crippen LogP contribution in [0.15, 0.2) is 57.7 Å². The van der Waals surface area contributed by atoms with E-state index in [0.717, 1.165) is 12.1 Å². The highest BCUT2D eigenvalue weighted by atomic mass is 16.4. The van der Waals surface area contributed by atoms with Crippen LogP contribution in [0.2, 0.25) is 0 Å². The molecule has 0 amide bonds. The molecule has 1 atom stereocenters. The van der Waals surface area contributed by atoms with Crippen LogP contribution in [0.3, 0.4) is 0 Å². The molecule has 0 aliphatic heterocycles. The van der Waals surface area contributed by atoms with Crippen LogP contribution < -0.4 is 10.7 Å². The van der Waals surface area contributed by atoms with Gasteiger partial charge in [0.25, 0.3) is 0 Å². The smallest absolute Gasteiger partial charge is 0.408 e. The first-order valence-electron chi connectivity index (χ1n) is 8.34. The molecule has 0 aliphatic rings. The van der Waals surface area contributed by atoms with Crippen molar-refractivity contribution in [2.45, 2.75) is 39.4 Å². The molecule has 1 aromatic heterocycles. The van der Waals surface area contributed by atoms with Crippen molar-refractivity contribution in [1.29, 1.82) is 0 Å². The maximum absolute atomic E-state index is 12.1. The quantitative estimate of drug-likeness (QED) is 0.801. The van der Waals surface area contributed by atoms with E-state index >= 15 is 0 Å². The first-order chi connectivity index (χ1) is 11.3. The standard InChI is InChI=1S/C20H24N2O2/c1-20(2,3)16-11-9-15(10-12-16)13-21(4)14-22-17-7-5-6-8-18(17)24-19(22)23/h5-12H,13-14H2,1-4H3/p+1. The number of quaternary nitrogens is 1. The van der Waals surface area contributed by atoms with Crippen molar-refractivity contribution in [2.75, 3.05) is 7.05 Å². The molecule has 2 aromatic carbocycles. The van der Waals surface area contributed by atoms with E-state index in [0.29, 0.717) is 12.3 Å². The summed E-state index contributed by atoms with van der Waals surface area (Å²) in [5.74, 6) is -0.293. The fourth-order valence-corrected chi connectivity index (χ4v) is 2.96. The van der Waals surface area contributed by atoms with Crippen LogP contribution >= 0.6 is 0 Å². The summed E-state index contributed by atoms with van der Waals surface area (Å²) in [4.78, 5) is 13.3. The molecule has 0 spiro atoms. The Morgan fingerprint density at radius 2 is 1.71 bits per heavy atom. The summed E-state index contributed by atoms with van der Waals surface area (Å²) in [7, 11) is 2.09. The van der Waals surface area contributed by atoms with Gasteiger partial charge in [-0.05, 0) is 23.1 Å². The number of hydrogen-bond acceptors (Lipinski definition) is 2. The number of hydrogen-bond donors (Lipinski definition) is 1. The largest absolute Gasteiger partial charge is 0.424 e. The minimum atomic E-state index is -0.293. The molecular formula is C20H25N2O2+. The van der Waals surface area contributed by atoms with Gasteiger partial charge in [-0.3, -0.25) is 0 Å². The third-order valence-electron chi connectivity index (χ3n) is 4.33. The average Bonchev–Trinajstić information content (AvgIpc) is 2.83. The van der Waals surface area contributed by atoms with E-state index < -0.39 is 0 Å². The van der Waals surface area contributed by atoms with Gasteiger partial charge in [0.1, 0.15) is 6.54 Å². The lowest BCUT2D eigenvalue weighted by Gasteiger charge is -2.20. The zero-order valence-corrected chi connectivity index (χ0v) is 14.8. The van der Waals surface area contributed by atoms with Crippen molar-refractivity contribution in [2.24, 2.45) is 0 Å². The molecule has 4 nitrogen and oxygen atoms in total. The molecule has 0 bridgehead atoms. The molecule has 0 saturated heterocycles. The number of rotatable bonds is 4. The third kappa shape index (κ3) is 3.44. The van der Waals surface area contributed by atoms with Crippen LogP contribution in [0.4, 0.5) is 0 Å². The molecule has 1 unspecified atom stereocenters. The van der Waals surface area contributed by atoms with Gasteiger partial charge < -0.3 is 9.32 Å². The summed E-state index contributed by atoms with van der Waals surface area (Å²) >= 11 is 0. The molecule has 24 heavy (non-hydrogen) atoms. The molecule has 1 heterocycles. The number of nitrogens with one attached hydrogen (secondary N) is 1. The van der Waals surface area contributed by atoms with Crippen molar-refractivity contribution in [3.63, 3.8) is 0 Å². The number of benzene rings is 2. The summed E-state index contributed by atoms with van der Waals surface area (Å²) in [5.41, 5.74) is 4.26. The Labute approximate surface area is 142 Å². The van der Waals surface area contributed by atoms with E-state index in [1.54, 1.807) is 4.57 Å². The first-order valence-corrected chi connectivity index (χ1v) is 8.34. The number of oxazole rings is 1. The molecule has 1 N–H and O–H groups in total.